The molecule has 0 aromatic carbocycles. The number of anilines is 1. The van der Waals surface area contributed by atoms with Crippen molar-refractivity contribution in [2.45, 2.75) is 33.5 Å². The van der Waals surface area contributed by atoms with Crippen LogP contribution in [0.25, 0.3) is 0 Å². The molecule has 1 amide bonds. The summed E-state index contributed by atoms with van der Waals surface area (Å²) in [6, 6.07) is 0.742. The molecular weight excluding hydrogens is 415 g/mol. The molecule has 2 aromatic rings. The molecule has 0 atom stereocenters. The number of carbonyl (C=O) groups excluding carboxylic acids is 3. The largest absolute Gasteiger partial charge is 0.462 e. The Morgan fingerprint density at radius 1 is 1.17 bits per heavy atom. The van der Waals surface area contributed by atoms with Crippen molar-refractivity contribution in [3.05, 3.63) is 34.0 Å². The molecule has 0 saturated heterocycles. The van der Waals surface area contributed by atoms with E-state index in [2.05, 4.69) is 10.4 Å². The van der Waals surface area contributed by atoms with Gasteiger partial charge in [-0.2, -0.15) is 18.3 Å². The quantitative estimate of drug-likeness (QED) is 0.673. The number of esters is 2. The van der Waals surface area contributed by atoms with E-state index in [1.165, 1.54) is 6.92 Å². The summed E-state index contributed by atoms with van der Waals surface area (Å²) >= 11 is 0.820. The first-order chi connectivity index (χ1) is 13.6. The van der Waals surface area contributed by atoms with Crippen molar-refractivity contribution in [3.63, 3.8) is 0 Å². The molecular formula is C17H18F3N3O5S. The number of nitrogens with zero attached hydrogens (tertiary/aromatic N) is 2. The van der Waals surface area contributed by atoms with Gasteiger partial charge in [-0.25, -0.2) is 9.59 Å². The molecule has 0 radical (unpaired) electrons. The Kier molecular flexibility index (Phi) is 7.01. The highest BCUT2D eigenvalue weighted by molar-refractivity contribution is 7.18. The maximum atomic E-state index is 12.6. The molecule has 0 aliphatic carbocycles. The van der Waals surface area contributed by atoms with Crippen molar-refractivity contribution in [2.75, 3.05) is 18.5 Å². The van der Waals surface area contributed by atoms with E-state index in [1.807, 2.05) is 0 Å². The Labute approximate surface area is 167 Å². The van der Waals surface area contributed by atoms with E-state index in [0.717, 1.165) is 28.3 Å². The highest BCUT2D eigenvalue weighted by atomic mass is 32.1. The maximum absolute atomic E-state index is 12.6. The van der Waals surface area contributed by atoms with E-state index < -0.39 is 36.3 Å². The van der Waals surface area contributed by atoms with E-state index in [-0.39, 0.29) is 34.2 Å². The van der Waals surface area contributed by atoms with Crippen LogP contribution in [-0.4, -0.2) is 40.8 Å². The lowest BCUT2D eigenvalue weighted by Crippen LogP contribution is -2.20. The number of ether oxygens (including phenoxy) is 2. The maximum Gasteiger partial charge on any atom is 0.435 e. The van der Waals surface area contributed by atoms with Crippen LogP contribution in [0.2, 0.25) is 0 Å². The standard InChI is InChI=1S/C17H18F3N3O5S/c1-4-27-15(25)12-9(3)13(16(26)28-5-2)29-14(12)21-11(24)8-23-7-6-10(22-23)17(18,19)20/h6-7H,4-5,8H2,1-3H3,(H,21,24). The summed E-state index contributed by atoms with van der Waals surface area (Å²) in [7, 11) is 0. The van der Waals surface area contributed by atoms with E-state index in [0.29, 0.717) is 0 Å². The van der Waals surface area contributed by atoms with Crippen LogP contribution in [0.5, 0.6) is 0 Å². The predicted molar refractivity (Wildman–Crippen MR) is 96.8 cm³/mol. The van der Waals surface area contributed by atoms with Crippen molar-refractivity contribution in [3.8, 4) is 0 Å². The molecule has 0 unspecified atom stereocenters. The van der Waals surface area contributed by atoms with Crippen LogP contribution >= 0.6 is 11.3 Å². The summed E-state index contributed by atoms with van der Waals surface area (Å²) < 4.78 is 48.6. The number of nitrogens with one attached hydrogen (secondary N) is 1. The number of hydrogen-bond acceptors (Lipinski definition) is 7. The molecule has 0 spiro atoms. The second kappa shape index (κ2) is 9.07. The molecule has 1 N–H and O–H groups in total. The van der Waals surface area contributed by atoms with Gasteiger partial charge in [0.05, 0.1) is 18.8 Å². The van der Waals surface area contributed by atoms with Crippen LogP contribution < -0.4 is 5.32 Å². The summed E-state index contributed by atoms with van der Waals surface area (Å²) in [5.74, 6) is -2.14. The smallest absolute Gasteiger partial charge is 0.435 e. The Morgan fingerprint density at radius 3 is 2.34 bits per heavy atom. The third kappa shape index (κ3) is 5.34. The third-order valence-electron chi connectivity index (χ3n) is 3.58. The zero-order valence-corrected chi connectivity index (χ0v) is 16.6. The van der Waals surface area contributed by atoms with Gasteiger partial charge in [-0.15, -0.1) is 11.3 Å². The molecule has 0 aliphatic rings. The molecule has 2 rings (SSSR count). The minimum absolute atomic E-state index is 0.00954. The van der Waals surface area contributed by atoms with Crippen LogP contribution in [-0.2, 0) is 27.0 Å². The summed E-state index contributed by atoms with van der Waals surface area (Å²) in [6.07, 6.45) is -3.61. The Hall–Kier alpha value is -2.89. The Morgan fingerprint density at radius 2 is 1.79 bits per heavy atom. The molecule has 2 heterocycles. The van der Waals surface area contributed by atoms with Gasteiger partial charge in [0.2, 0.25) is 5.91 Å². The van der Waals surface area contributed by atoms with Crippen molar-refractivity contribution >= 4 is 34.2 Å². The van der Waals surface area contributed by atoms with Gasteiger partial charge in [0.15, 0.2) is 5.69 Å². The lowest BCUT2D eigenvalue weighted by atomic mass is 10.1. The Balaban J connectivity index is 2.26. The molecule has 12 heteroatoms. The van der Waals surface area contributed by atoms with Crippen LogP contribution in [0.1, 0.15) is 45.1 Å². The van der Waals surface area contributed by atoms with Crippen molar-refractivity contribution in [1.29, 1.82) is 0 Å². The fraction of sp³-hybridized carbons (Fsp3) is 0.412. The molecule has 158 valence electrons. The fourth-order valence-electron chi connectivity index (χ4n) is 2.36. The SMILES string of the molecule is CCOC(=O)c1sc(NC(=O)Cn2ccc(C(F)(F)F)n2)c(C(=O)OCC)c1C. The zero-order valence-electron chi connectivity index (χ0n) is 15.8. The van der Waals surface area contributed by atoms with Gasteiger partial charge < -0.3 is 14.8 Å². The van der Waals surface area contributed by atoms with E-state index in [9.17, 15) is 27.6 Å². The minimum Gasteiger partial charge on any atom is -0.462 e. The number of amides is 1. The van der Waals surface area contributed by atoms with Crippen LogP contribution in [0.15, 0.2) is 12.3 Å². The second-order valence-electron chi connectivity index (χ2n) is 5.65. The average Bonchev–Trinajstić information content (AvgIpc) is 3.20. The van der Waals surface area contributed by atoms with E-state index in [4.69, 9.17) is 9.47 Å². The number of aromatic nitrogens is 2. The van der Waals surface area contributed by atoms with Gasteiger partial charge >= 0.3 is 18.1 Å². The van der Waals surface area contributed by atoms with Crippen molar-refractivity contribution in [2.24, 2.45) is 0 Å². The second-order valence-corrected chi connectivity index (χ2v) is 6.67. The van der Waals surface area contributed by atoms with E-state index in [1.54, 1.807) is 13.8 Å². The highest BCUT2D eigenvalue weighted by Crippen LogP contribution is 2.34. The molecule has 29 heavy (non-hydrogen) atoms. The van der Waals surface area contributed by atoms with Crippen molar-refractivity contribution in [1.82, 2.24) is 9.78 Å². The number of rotatable bonds is 7. The molecule has 0 bridgehead atoms. The van der Waals surface area contributed by atoms with E-state index >= 15 is 0 Å². The Bertz CT molecular complexity index is 920. The van der Waals surface area contributed by atoms with Gasteiger partial charge in [-0.3, -0.25) is 9.48 Å². The molecule has 0 aliphatic heterocycles. The lowest BCUT2D eigenvalue weighted by Gasteiger charge is -2.07. The lowest BCUT2D eigenvalue weighted by molar-refractivity contribution is -0.141. The first-order valence-corrected chi connectivity index (χ1v) is 9.28. The monoisotopic (exact) mass is 433 g/mol. The first kappa shape index (κ1) is 22.4. The van der Waals surface area contributed by atoms with Gasteiger partial charge in [0.25, 0.3) is 0 Å². The molecule has 0 saturated carbocycles. The average molecular weight is 433 g/mol. The number of hydrogen-bond donors (Lipinski definition) is 1. The third-order valence-corrected chi connectivity index (χ3v) is 4.76. The number of alkyl halides is 3. The fourth-order valence-corrected chi connectivity index (χ4v) is 3.46. The first-order valence-electron chi connectivity index (χ1n) is 8.46. The summed E-state index contributed by atoms with van der Waals surface area (Å²) in [6.45, 7) is 4.39. The zero-order chi connectivity index (χ0) is 21.8. The minimum atomic E-state index is -4.63. The predicted octanol–water partition coefficient (Wildman–Crippen LogP) is 3.26. The van der Waals surface area contributed by atoms with Gasteiger partial charge in [-0.1, -0.05) is 0 Å². The van der Waals surface area contributed by atoms with Gasteiger partial charge in [0, 0.05) is 6.20 Å². The van der Waals surface area contributed by atoms with Crippen LogP contribution in [0.3, 0.4) is 0 Å². The highest BCUT2D eigenvalue weighted by Gasteiger charge is 2.33. The topological polar surface area (TPSA) is 99.5 Å². The molecule has 8 nitrogen and oxygen atoms in total. The van der Waals surface area contributed by atoms with Crippen LogP contribution in [0, 0.1) is 6.92 Å². The summed E-state index contributed by atoms with van der Waals surface area (Å²) in [5.41, 5.74) is -0.862. The van der Waals surface area contributed by atoms with Crippen LogP contribution in [0.4, 0.5) is 18.2 Å². The summed E-state index contributed by atoms with van der Waals surface area (Å²) in [4.78, 5) is 36.7. The molecule has 2 aromatic heterocycles. The van der Waals surface area contributed by atoms with Gasteiger partial charge in [0.1, 0.15) is 16.4 Å². The number of thiophene rings is 1. The number of halogens is 3. The normalized spacial score (nSPS) is 11.2. The number of carbonyl (C=O) groups is 3. The van der Waals surface area contributed by atoms with Crippen molar-refractivity contribution < 1.29 is 37.0 Å². The molecule has 0 fully saturated rings. The summed E-state index contributed by atoms with van der Waals surface area (Å²) in [5, 5.41) is 5.77. The van der Waals surface area contributed by atoms with Gasteiger partial charge in [-0.05, 0) is 32.4 Å².